The maximum absolute atomic E-state index is 13.3. The summed E-state index contributed by atoms with van der Waals surface area (Å²) in [6, 6.07) is 25.4. The number of thioether (sulfide) groups is 1. The van der Waals surface area contributed by atoms with Gasteiger partial charge in [0.05, 0.1) is 34.9 Å². The number of nitrogens with one attached hydrogen (secondary N) is 1. The summed E-state index contributed by atoms with van der Waals surface area (Å²) in [5.41, 5.74) is 1.81. The van der Waals surface area contributed by atoms with E-state index >= 15 is 0 Å². The van der Waals surface area contributed by atoms with Gasteiger partial charge in [-0.3, -0.25) is 4.79 Å². The van der Waals surface area contributed by atoms with Gasteiger partial charge in [0, 0.05) is 11.1 Å². The van der Waals surface area contributed by atoms with Crippen molar-refractivity contribution < 1.29 is 22.7 Å². The highest BCUT2D eigenvalue weighted by atomic mass is 32.2. The first kappa shape index (κ1) is 26.8. The van der Waals surface area contributed by atoms with Crippen LogP contribution in [-0.4, -0.2) is 23.3 Å². The highest BCUT2D eigenvalue weighted by Gasteiger charge is 2.33. The Balaban J connectivity index is 1.66. The molecule has 0 aliphatic rings. The van der Waals surface area contributed by atoms with Crippen molar-refractivity contribution in [3.8, 4) is 34.2 Å². The van der Waals surface area contributed by atoms with E-state index in [0.29, 0.717) is 28.6 Å². The van der Waals surface area contributed by atoms with E-state index in [0.717, 1.165) is 29.0 Å². The van der Waals surface area contributed by atoms with Gasteiger partial charge in [-0.2, -0.15) is 18.4 Å². The van der Waals surface area contributed by atoms with E-state index in [4.69, 9.17) is 4.74 Å². The number of hydrogen-bond donors (Lipinski definition) is 1. The van der Waals surface area contributed by atoms with Gasteiger partial charge in [0.2, 0.25) is 5.91 Å². The average Bonchev–Trinajstić information content (AvgIpc) is 2.92. The number of ether oxygens (including phenoxy) is 1. The van der Waals surface area contributed by atoms with Crippen LogP contribution in [0.5, 0.6) is 5.75 Å². The minimum atomic E-state index is -4.61. The molecule has 0 atom stereocenters. The monoisotopic (exact) mass is 533 g/mol. The zero-order valence-electron chi connectivity index (χ0n) is 20.3. The fourth-order valence-corrected chi connectivity index (χ4v) is 4.58. The molecule has 1 N–H and O–H groups in total. The third kappa shape index (κ3) is 6.33. The van der Waals surface area contributed by atoms with Crippen molar-refractivity contribution in [3.63, 3.8) is 0 Å². The van der Waals surface area contributed by atoms with Crippen LogP contribution in [0.4, 0.5) is 18.9 Å². The van der Waals surface area contributed by atoms with Gasteiger partial charge in [0.1, 0.15) is 16.8 Å². The number of alkyl halides is 3. The summed E-state index contributed by atoms with van der Waals surface area (Å²) >= 11 is 0.990. The van der Waals surface area contributed by atoms with Gasteiger partial charge < -0.3 is 10.1 Å². The van der Waals surface area contributed by atoms with Crippen molar-refractivity contribution in [1.82, 2.24) is 4.98 Å². The number of nitrogens with zero attached hydrogens (tertiary/aromatic N) is 2. The molecule has 192 valence electrons. The van der Waals surface area contributed by atoms with Crippen LogP contribution in [0, 0.1) is 11.3 Å². The average molecular weight is 534 g/mol. The highest BCUT2D eigenvalue weighted by Crippen LogP contribution is 2.36. The molecule has 3 aromatic carbocycles. The van der Waals surface area contributed by atoms with E-state index in [2.05, 4.69) is 16.4 Å². The summed E-state index contributed by atoms with van der Waals surface area (Å²) in [6.07, 6.45) is -4.61. The molecular weight excluding hydrogens is 511 g/mol. The Kier molecular flexibility index (Phi) is 8.34. The van der Waals surface area contributed by atoms with E-state index in [1.807, 2.05) is 67.6 Å². The molecule has 0 aliphatic heterocycles. The van der Waals surface area contributed by atoms with Crippen LogP contribution in [0.25, 0.3) is 22.4 Å². The number of halogens is 3. The van der Waals surface area contributed by atoms with Gasteiger partial charge in [-0.05, 0) is 55.0 Å². The number of para-hydroxylation sites is 1. The van der Waals surface area contributed by atoms with Crippen molar-refractivity contribution >= 4 is 23.4 Å². The molecule has 0 fully saturated rings. The number of carbonyl (C=O) groups is 1. The number of aromatic nitrogens is 1. The van der Waals surface area contributed by atoms with Crippen LogP contribution in [-0.2, 0) is 11.0 Å². The number of pyridine rings is 1. The Hall–Kier alpha value is -4.29. The zero-order valence-corrected chi connectivity index (χ0v) is 21.1. The molecule has 0 saturated carbocycles. The van der Waals surface area contributed by atoms with Crippen LogP contribution in [0.1, 0.15) is 18.1 Å². The smallest absolute Gasteiger partial charge is 0.418 e. The van der Waals surface area contributed by atoms with Crippen molar-refractivity contribution in [2.45, 2.75) is 18.1 Å². The Morgan fingerprint density at radius 2 is 1.68 bits per heavy atom. The molecule has 1 aromatic heterocycles. The number of carbonyl (C=O) groups excluding carboxylic acids is 1. The Morgan fingerprint density at radius 3 is 2.34 bits per heavy atom. The fraction of sp³-hybridized carbons (Fsp3) is 0.138. The normalized spacial score (nSPS) is 11.0. The van der Waals surface area contributed by atoms with Crippen molar-refractivity contribution in [1.29, 1.82) is 5.26 Å². The molecule has 0 spiro atoms. The molecule has 0 unspecified atom stereocenters. The minimum Gasteiger partial charge on any atom is -0.494 e. The molecule has 4 aromatic rings. The van der Waals surface area contributed by atoms with Gasteiger partial charge in [-0.15, -0.1) is 0 Å². The van der Waals surface area contributed by atoms with Gasteiger partial charge in [-0.25, -0.2) is 4.98 Å². The van der Waals surface area contributed by atoms with E-state index in [-0.39, 0.29) is 17.0 Å². The first-order chi connectivity index (χ1) is 18.3. The lowest BCUT2D eigenvalue weighted by atomic mass is 9.99. The van der Waals surface area contributed by atoms with E-state index < -0.39 is 17.6 Å². The molecule has 5 nitrogen and oxygen atoms in total. The lowest BCUT2D eigenvalue weighted by Crippen LogP contribution is -2.18. The Labute approximate surface area is 222 Å². The van der Waals surface area contributed by atoms with Crippen LogP contribution in [0.3, 0.4) is 0 Å². The first-order valence-corrected chi connectivity index (χ1v) is 12.6. The third-order valence-corrected chi connectivity index (χ3v) is 6.47. The highest BCUT2D eigenvalue weighted by molar-refractivity contribution is 8.00. The molecule has 0 saturated heterocycles. The summed E-state index contributed by atoms with van der Waals surface area (Å²) < 4.78 is 45.5. The standard InChI is InChI=1S/C29H22F3N3O2S/c1-2-37-21-14-12-20(13-15-21)26-16-22(19-8-4-3-5-9-19)23(17-33)28(35-26)38-18-27(36)34-25-11-7-6-10-24(25)29(30,31)32/h3-16H,2,18H2,1H3,(H,34,36). The van der Waals surface area contributed by atoms with Crippen molar-refractivity contribution in [2.24, 2.45) is 0 Å². The quantitative estimate of drug-likeness (QED) is 0.238. The molecule has 1 amide bonds. The summed E-state index contributed by atoms with van der Waals surface area (Å²) in [5.74, 6) is -0.182. The van der Waals surface area contributed by atoms with Crippen molar-refractivity contribution in [3.05, 3.63) is 96.1 Å². The molecule has 1 heterocycles. The van der Waals surface area contributed by atoms with E-state index in [1.165, 1.54) is 18.2 Å². The molecule has 0 aliphatic carbocycles. The maximum atomic E-state index is 13.3. The number of hydrogen-bond acceptors (Lipinski definition) is 5. The summed E-state index contributed by atoms with van der Waals surface area (Å²) in [5, 5.41) is 12.6. The maximum Gasteiger partial charge on any atom is 0.418 e. The molecule has 9 heteroatoms. The molecule has 0 bridgehead atoms. The lowest BCUT2D eigenvalue weighted by molar-refractivity contribution is -0.137. The predicted octanol–water partition coefficient (Wildman–Crippen LogP) is 7.44. The number of nitriles is 1. The first-order valence-electron chi connectivity index (χ1n) is 11.6. The van der Waals surface area contributed by atoms with Gasteiger partial charge in [-0.1, -0.05) is 54.2 Å². The summed E-state index contributed by atoms with van der Waals surface area (Å²) in [4.78, 5) is 17.3. The lowest BCUT2D eigenvalue weighted by Gasteiger charge is -2.14. The topological polar surface area (TPSA) is 75.0 Å². The SMILES string of the molecule is CCOc1ccc(-c2cc(-c3ccccc3)c(C#N)c(SCC(=O)Nc3ccccc3C(F)(F)F)n2)cc1. The van der Waals surface area contributed by atoms with Crippen molar-refractivity contribution in [2.75, 3.05) is 17.7 Å². The fourth-order valence-electron chi connectivity index (χ4n) is 3.78. The second-order valence-corrected chi connectivity index (χ2v) is 9.01. The second-order valence-electron chi connectivity index (χ2n) is 8.05. The molecular formula is C29H22F3N3O2S. The number of benzene rings is 3. The largest absolute Gasteiger partial charge is 0.494 e. The van der Waals surface area contributed by atoms with Crippen LogP contribution >= 0.6 is 11.8 Å². The molecule has 38 heavy (non-hydrogen) atoms. The summed E-state index contributed by atoms with van der Waals surface area (Å²) in [7, 11) is 0. The van der Waals surface area contributed by atoms with E-state index in [9.17, 15) is 23.2 Å². The second kappa shape index (κ2) is 11.8. The number of anilines is 1. The number of amides is 1. The van der Waals surface area contributed by atoms with Gasteiger partial charge >= 0.3 is 6.18 Å². The molecule has 0 radical (unpaired) electrons. The third-order valence-electron chi connectivity index (χ3n) is 5.49. The Morgan fingerprint density at radius 1 is 1.00 bits per heavy atom. The van der Waals surface area contributed by atoms with E-state index in [1.54, 1.807) is 0 Å². The van der Waals surface area contributed by atoms with Gasteiger partial charge in [0.15, 0.2) is 0 Å². The Bertz CT molecular complexity index is 1470. The molecule has 4 rings (SSSR count). The van der Waals surface area contributed by atoms with Crippen LogP contribution in [0.2, 0.25) is 0 Å². The van der Waals surface area contributed by atoms with Crippen LogP contribution in [0.15, 0.2) is 90.0 Å². The minimum absolute atomic E-state index is 0.241. The van der Waals surface area contributed by atoms with Crippen LogP contribution < -0.4 is 10.1 Å². The number of rotatable bonds is 8. The summed E-state index contributed by atoms with van der Waals surface area (Å²) in [6.45, 7) is 2.42. The predicted molar refractivity (Wildman–Crippen MR) is 142 cm³/mol. The zero-order chi connectivity index (χ0) is 27.1. The van der Waals surface area contributed by atoms with Gasteiger partial charge in [0.25, 0.3) is 0 Å².